The number of nitrogens with one attached hydrogen (secondary N) is 1. The summed E-state index contributed by atoms with van der Waals surface area (Å²) in [6.07, 6.45) is -0.187. The van der Waals surface area contributed by atoms with Crippen molar-refractivity contribution < 1.29 is 17.9 Å². The molecule has 0 spiro atoms. The summed E-state index contributed by atoms with van der Waals surface area (Å²) in [7, 11) is -2.24. The fraction of sp³-hybridized carbons (Fsp3) is 0.182. The molecule has 0 saturated heterocycles. The molecule has 7 heteroatoms. The van der Waals surface area contributed by atoms with Crippen molar-refractivity contribution in [2.45, 2.75) is 23.8 Å². The summed E-state index contributed by atoms with van der Waals surface area (Å²) in [6.45, 7) is 2.05. The van der Waals surface area contributed by atoms with E-state index in [1.807, 2.05) is 31.2 Å². The van der Waals surface area contributed by atoms with Crippen LogP contribution in [-0.4, -0.2) is 15.5 Å². The van der Waals surface area contributed by atoms with Gasteiger partial charge in [0.1, 0.15) is 17.6 Å². The molecule has 5 nitrogen and oxygen atoms in total. The monoisotopic (exact) mass is 429 g/mol. The van der Waals surface area contributed by atoms with Crippen LogP contribution in [0, 0.1) is 0 Å². The van der Waals surface area contributed by atoms with Gasteiger partial charge in [-0.05, 0) is 35.9 Å². The third-order valence-electron chi connectivity index (χ3n) is 5.03. The zero-order valence-electron chi connectivity index (χ0n) is 15.9. The highest BCUT2D eigenvalue weighted by Gasteiger charge is 2.34. The second-order valence-corrected chi connectivity index (χ2v) is 9.01. The number of fused-ring (bicyclic) bond motifs is 1. The van der Waals surface area contributed by atoms with Gasteiger partial charge in [-0.2, -0.15) is 0 Å². The summed E-state index contributed by atoms with van der Waals surface area (Å²) in [5.74, 6) is 1.10. The number of methoxy groups -OCH3 is 1. The number of ether oxygens (including phenoxy) is 2. The Kier molecular flexibility index (Phi) is 5.15. The SMILES string of the molecule is COc1cc2c(cc1NS(=O)(=O)c1ccccc1)[C@@H](C)[C@H](c1ccc(Cl)cc1)O2. The van der Waals surface area contributed by atoms with Crippen molar-refractivity contribution in [1.82, 2.24) is 0 Å². The number of halogens is 1. The Morgan fingerprint density at radius 1 is 1.03 bits per heavy atom. The zero-order chi connectivity index (χ0) is 20.6. The van der Waals surface area contributed by atoms with E-state index in [-0.39, 0.29) is 16.9 Å². The van der Waals surface area contributed by atoms with Crippen molar-refractivity contribution >= 4 is 27.3 Å². The minimum atomic E-state index is -3.74. The molecule has 0 aliphatic carbocycles. The molecule has 0 bridgehead atoms. The van der Waals surface area contributed by atoms with Crippen LogP contribution in [0.5, 0.6) is 11.5 Å². The summed E-state index contributed by atoms with van der Waals surface area (Å²) in [5, 5.41) is 0.663. The molecule has 3 aromatic rings. The predicted molar refractivity (Wildman–Crippen MR) is 113 cm³/mol. The third kappa shape index (κ3) is 3.78. The lowest BCUT2D eigenvalue weighted by Crippen LogP contribution is -2.13. The van der Waals surface area contributed by atoms with Crippen LogP contribution >= 0.6 is 11.6 Å². The maximum Gasteiger partial charge on any atom is 0.262 e. The fourth-order valence-corrected chi connectivity index (χ4v) is 4.71. The number of benzene rings is 3. The second kappa shape index (κ2) is 7.61. The van der Waals surface area contributed by atoms with Crippen molar-refractivity contribution in [3.63, 3.8) is 0 Å². The first-order valence-corrected chi connectivity index (χ1v) is 11.0. The molecule has 0 amide bonds. The molecule has 29 heavy (non-hydrogen) atoms. The standard InChI is InChI=1S/C22H20ClNO4S/c1-14-18-12-19(24-29(25,26)17-6-4-3-5-7-17)21(27-2)13-20(18)28-22(14)15-8-10-16(23)11-9-15/h3-14,22,24H,1-2H3/t14-,22-/m1/s1. The average Bonchev–Trinajstić information content (AvgIpc) is 3.04. The lowest BCUT2D eigenvalue weighted by Gasteiger charge is -2.15. The van der Waals surface area contributed by atoms with Crippen molar-refractivity contribution in [2.75, 3.05) is 11.8 Å². The lowest BCUT2D eigenvalue weighted by atomic mass is 9.92. The van der Waals surface area contributed by atoms with Gasteiger partial charge in [0.05, 0.1) is 17.7 Å². The van der Waals surface area contributed by atoms with E-state index in [1.54, 1.807) is 42.5 Å². The van der Waals surface area contributed by atoms with E-state index in [2.05, 4.69) is 4.72 Å². The highest BCUT2D eigenvalue weighted by Crippen LogP contribution is 2.49. The van der Waals surface area contributed by atoms with E-state index in [0.29, 0.717) is 22.2 Å². The van der Waals surface area contributed by atoms with Crippen molar-refractivity contribution in [1.29, 1.82) is 0 Å². The maximum atomic E-state index is 12.8. The van der Waals surface area contributed by atoms with Gasteiger partial charge < -0.3 is 9.47 Å². The molecule has 1 aliphatic heterocycles. The zero-order valence-corrected chi connectivity index (χ0v) is 17.5. The van der Waals surface area contributed by atoms with Gasteiger partial charge in [-0.15, -0.1) is 0 Å². The summed E-state index contributed by atoms with van der Waals surface area (Å²) in [4.78, 5) is 0.186. The number of anilines is 1. The second-order valence-electron chi connectivity index (χ2n) is 6.89. The van der Waals surface area contributed by atoms with Gasteiger partial charge in [0.15, 0.2) is 0 Å². The Hall–Kier alpha value is -2.70. The molecule has 0 radical (unpaired) electrons. The lowest BCUT2D eigenvalue weighted by molar-refractivity contribution is 0.215. The van der Waals surface area contributed by atoms with Crippen molar-refractivity contribution in [3.05, 3.63) is 82.9 Å². The molecule has 0 fully saturated rings. The van der Waals surface area contributed by atoms with Gasteiger partial charge in [0.2, 0.25) is 0 Å². The molecular weight excluding hydrogens is 410 g/mol. The Morgan fingerprint density at radius 2 is 1.72 bits per heavy atom. The fourth-order valence-electron chi connectivity index (χ4n) is 3.50. The van der Waals surface area contributed by atoms with Crippen LogP contribution in [0.15, 0.2) is 71.6 Å². The summed E-state index contributed by atoms with van der Waals surface area (Å²) in [6, 6.07) is 19.3. The summed E-state index contributed by atoms with van der Waals surface area (Å²) >= 11 is 5.99. The normalized spacial score (nSPS) is 18.0. The smallest absolute Gasteiger partial charge is 0.262 e. The third-order valence-corrected chi connectivity index (χ3v) is 6.66. The number of hydrogen-bond acceptors (Lipinski definition) is 4. The molecular formula is C22H20ClNO4S. The van der Waals surface area contributed by atoms with Gasteiger partial charge >= 0.3 is 0 Å². The molecule has 3 aromatic carbocycles. The highest BCUT2D eigenvalue weighted by atomic mass is 35.5. The molecule has 4 rings (SSSR count). The molecule has 1 heterocycles. The van der Waals surface area contributed by atoms with Gasteiger partial charge in [0.25, 0.3) is 10.0 Å². The first-order valence-electron chi connectivity index (χ1n) is 9.11. The molecule has 0 saturated carbocycles. The van der Waals surface area contributed by atoms with E-state index >= 15 is 0 Å². The van der Waals surface area contributed by atoms with Gasteiger partial charge in [-0.25, -0.2) is 8.42 Å². The molecule has 2 atom stereocenters. The Morgan fingerprint density at radius 3 is 2.38 bits per heavy atom. The van der Waals surface area contributed by atoms with Crippen LogP contribution in [0.1, 0.15) is 30.1 Å². The molecule has 0 aromatic heterocycles. The van der Waals surface area contributed by atoms with Crippen molar-refractivity contribution in [2.24, 2.45) is 0 Å². The van der Waals surface area contributed by atoms with E-state index in [9.17, 15) is 8.42 Å². The largest absolute Gasteiger partial charge is 0.494 e. The highest BCUT2D eigenvalue weighted by molar-refractivity contribution is 7.92. The van der Waals surface area contributed by atoms with E-state index in [0.717, 1.165) is 11.1 Å². The van der Waals surface area contributed by atoms with Crippen molar-refractivity contribution in [3.8, 4) is 11.5 Å². The molecule has 150 valence electrons. The van der Waals surface area contributed by atoms with Gasteiger partial charge in [-0.1, -0.05) is 48.9 Å². The van der Waals surface area contributed by atoms with Crippen LogP contribution in [0.3, 0.4) is 0 Å². The number of rotatable bonds is 5. The topological polar surface area (TPSA) is 64.6 Å². The molecule has 0 unspecified atom stereocenters. The predicted octanol–water partition coefficient (Wildman–Crippen LogP) is 5.39. The van der Waals surface area contributed by atoms with Crippen LogP contribution in [0.25, 0.3) is 0 Å². The Labute approximate surface area is 175 Å². The minimum absolute atomic E-state index is 0.0251. The Balaban J connectivity index is 1.68. The summed E-state index contributed by atoms with van der Waals surface area (Å²) < 4.78 is 39.7. The van der Waals surface area contributed by atoms with Crippen LogP contribution < -0.4 is 14.2 Å². The van der Waals surface area contributed by atoms with Gasteiger partial charge in [0, 0.05) is 22.6 Å². The first kappa shape index (κ1) is 19.6. The number of hydrogen-bond donors (Lipinski definition) is 1. The average molecular weight is 430 g/mol. The van der Waals surface area contributed by atoms with Crippen LogP contribution in [-0.2, 0) is 10.0 Å². The van der Waals surface area contributed by atoms with E-state index < -0.39 is 10.0 Å². The minimum Gasteiger partial charge on any atom is -0.494 e. The number of sulfonamides is 1. The quantitative estimate of drug-likeness (QED) is 0.590. The first-order chi connectivity index (χ1) is 13.9. The van der Waals surface area contributed by atoms with E-state index in [1.165, 1.54) is 7.11 Å². The van der Waals surface area contributed by atoms with Crippen LogP contribution in [0.2, 0.25) is 5.02 Å². The maximum absolute atomic E-state index is 12.8. The van der Waals surface area contributed by atoms with E-state index in [4.69, 9.17) is 21.1 Å². The summed E-state index contributed by atoms with van der Waals surface area (Å²) in [5.41, 5.74) is 2.29. The van der Waals surface area contributed by atoms with Crippen LogP contribution in [0.4, 0.5) is 5.69 Å². The molecule has 1 N–H and O–H groups in total. The Bertz CT molecular complexity index is 1130. The molecule has 1 aliphatic rings. The van der Waals surface area contributed by atoms with Gasteiger partial charge in [-0.3, -0.25) is 4.72 Å².